The van der Waals surface area contributed by atoms with Gasteiger partial charge in [-0.25, -0.2) is 9.78 Å². The van der Waals surface area contributed by atoms with Crippen molar-refractivity contribution in [3.8, 4) is 0 Å². The minimum atomic E-state index is -0.548. The van der Waals surface area contributed by atoms with E-state index in [1.54, 1.807) is 12.3 Å². The number of hydrogen-bond acceptors (Lipinski definition) is 5. The van der Waals surface area contributed by atoms with E-state index in [2.05, 4.69) is 15.6 Å². The third-order valence-electron chi connectivity index (χ3n) is 3.05. The van der Waals surface area contributed by atoms with Crippen LogP contribution in [0.2, 0.25) is 0 Å². The van der Waals surface area contributed by atoms with Crippen LogP contribution in [0, 0.1) is 13.8 Å². The molecule has 0 aliphatic carbocycles. The van der Waals surface area contributed by atoms with E-state index in [1.807, 2.05) is 32.0 Å². The van der Waals surface area contributed by atoms with Crippen LogP contribution >= 0.6 is 11.3 Å². The van der Waals surface area contributed by atoms with Crippen molar-refractivity contribution in [2.45, 2.75) is 27.2 Å². The van der Waals surface area contributed by atoms with Gasteiger partial charge in [-0.3, -0.25) is 10.1 Å². The van der Waals surface area contributed by atoms with E-state index in [1.165, 1.54) is 11.3 Å². The quantitative estimate of drug-likeness (QED) is 0.877. The summed E-state index contributed by atoms with van der Waals surface area (Å²) in [5.74, 6) is -0.147. The van der Waals surface area contributed by atoms with Crippen molar-refractivity contribution < 1.29 is 14.3 Å². The van der Waals surface area contributed by atoms with Crippen molar-refractivity contribution in [3.63, 3.8) is 0 Å². The van der Waals surface area contributed by atoms with E-state index >= 15 is 0 Å². The Kier molecular flexibility index (Phi) is 5.70. The molecular weight excluding hydrogens is 314 g/mol. The first kappa shape index (κ1) is 17.0. The number of benzene rings is 1. The van der Waals surface area contributed by atoms with Crippen molar-refractivity contribution in [3.05, 3.63) is 40.4 Å². The lowest BCUT2D eigenvalue weighted by molar-refractivity contribution is -0.115. The molecule has 6 nitrogen and oxygen atoms in total. The molecule has 0 aliphatic heterocycles. The third kappa shape index (κ3) is 5.07. The fourth-order valence-corrected chi connectivity index (χ4v) is 2.63. The fourth-order valence-electron chi connectivity index (χ4n) is 1.93. The maximum Gasteiger partial charge on any atom is 0.413 e. The van der Waals surface area contributed by atoms with Crippen LogP contribution in [-0.2, 0) is 16.0 Å². The first-order valence-electron chi connectivity index (χ1n) is 7.23. The molecule has 0 aliphatic rings. The van der Waals surface area contributed by atoms with Gasteiger partial charge in [0.25, 0.3) is 0 Å². The van der Waals surface area contributed by atoms with Crippen LogP contribution in [0.3, 0.4) is 0 Å². The highest BCUT2D eigenvalue weighted by Crippen LogP contribution is 2.19. The van der Waals surface area contributed by atoms with Crippen LogP contribution in [-0.4, -0.2) is 23.6 Å². The van der Waals surface area contributed by atoms with Gasteiger partial charge in [-0.05, 0) is 38.0 Å². The van der Waals surface area contributed by atoms with Gasteiger partial charge in [0, 0.05) is 11.1 Å². The first-order valence-corrected chi connectivity index (χ1v) is 8.11. The van der Waals surface area contributed by atoms with Crippen LogP contribution < -0.4 is 10.6 Å². The van der Waals surface area contributed by atoms with Gasteiger partial charge in [0.15, 0.2) is 5.13 Å². The predicted molar refractivity (Wildman–Crippen MR) is 91.0 cm³/mol. The second-order valence-electron chi connectivity index (χ2n) is 5.03. The Bertz CT molecular complexity index is 712. The molecule has 0 radical (unpaired) electrons. The number of carbonyl (C=O) groups excluding carboxylic acids is 2. The molecule has 1 aromatic carbocycles. The van der Waals surface area contributed by atoms with Gasteiger partial charge in [0.1, 0.15) is 0 Å². The number of nitrogens with one attached hydrogen (secondary N) is 2. The summed E-state index contributed by atoms with van der Waals surface area (Å²) in [6.45, 7) is 5.94. The van der Waals surface area contributed by atoms with E-state index in [4.69, 9.17) is 4.74 Å². The van der Waals surface area contributed by atoms with Gasteiger partial charge in [-0.2, -0.15) is 0 Å². The second kappa shape index (κ2) is 7.73. The summed E-state index contributed by atoms with van der Waals surface area (Å²) in [6.07, 6.45) is -0.401. The molecule has 7 heteroatoms. The zero-order valence-corrected chi connectivity index (χ0v) is 14.1. The molecule has 0 spiro atoms. The van der Waals surface area contributed by atoms with Gasteiger partial charge < -0.3 is 10.1 Å². The number of amides is 2. The summed E-state index contributed by atoms with van der Waals surface area (Å²) < 4.78 is 4.78. The summed E-state index contributed by atoms with van der Waals surface area (Å²) >= 11 is 1.25. The lowest BCUT2D eigenvalue weighted by Gasteiger charge is -2.08. The largest absolute Gasteiger partial charge is 0.450 e. The van der Waals surface area contributed by atoms with Gasteiger partial charge in [0.05, 0.1) is 18.7 Å². The molecule has 2 rings (SSSR count). The number of aromatic nitrogens is 1. The van der Waals surface area contributed by atoms with Crippen LogP contribution in [0.1, 0.15) is 23.7 Å². The maximum atomic E-state index is 12.1. The average Bonchev–Trinajstić information content (AvgIpc) is 2.90. The topological polar surface area (TPSA) is 80.3 Å². The maximum absolute atomic E-state index is 12.1. The smallest absolute Gasteiger partial charge is 0.413 e. The molecule has 122 valence electrons. The first-order chi connectivity index (χ1) is 11.0. The molecule has 2 aromatic rings. The number of carbonyl (C=O) groups is 2. The Hall–Kier alpha value is -2.41. The summed E-state index contributed by atoms with van der Waals surface area (Å²) in [5.41, 5.74) is 3.49. The molecule has 2 N–H and O–H groups in total. The molecule has 0 saturated carbocycles. The summed E-state index contributed by atoms with van der Waals surface area (Å²) in [5, 5.41) is 7.56. The Balaban J connectivity index is 1.94. The van der Waals surface area contributed by atoms with Crippen molar-refractivity contribution in [1.82, 2.24) is 4.98 Å². The van der Waals surface area contributed by atoms with E-state index in [0.717, 1.165) is 16.8 Å². The van der Waals surface area contributed by atoms with Gasteiger partial charge in [0.2, 0.25) is 5.91 Å². The molecule has 0 atom stereocenters. The Morgan fingerprint density at radius 3 is 2.78 bits per heavy atom. The summed E-state index contributed by atoms with van der Waals surface area (Å²) in [6, 6.07) is 5.90. The highest BCUT2D eigenvalue weighted by molar-refractivity contribution is 7.13. The molecular formula is C16H19N3O3S. The van der Waals surface area contributed by atoms with E-state index in [-0.39, 0.29) is 12.3 Å². The number of aryl methyl sites for hydroxylation is 2. The molecule has 1 heterocycles. The number of hydrogen-bond donors (Lipinski definition) is 2. The lowest BCUT2D eigenvalue weighted by atomic mass is 10.1. The highest BCUT2D eigenvalue weighted by Gasteiger charge is 2.11. The van der Waals surface area contributed by atoms with Gasteiger partial charge in [-0.1, -0.05) is 12.1 Å². The summed E-state index contributed by atoms with van der Waals surface area (Å²) in [4.78, 5) is 27.6. The molecule has 0 unspecified atom stereocenters. The Morgan fingerprint density at radius 2 is 2.04 bits per heavy atom. The van der Waals surface area contributed by atoms with Gasteiger partial charge >= 0.3 is 6.09 Å². The Morgan fingerprint density at radius 1 is 1.26 bits per heavy atom. The van der Waals surface area contributed by atoms with Crippen LogP contribution in [0.4, 0.5) is 15.6 Å². The van der Waals surface area contributed by atoms with Crippen LogP contribution in [0.15, 0.2) is 23.6 Å². The highest BCUT2D eigenvalue weighted by atomic mass is 32.1. The second-order valence-corrected chi connectivity index (χ2v) is 5.89. The van der Waals surface area contributed by atoms with E-state index in [0.29, 0.717) is 17.4 Å². The standard InChI is InChI=1S/C16H19N3O3S/c1-4-22-16(21)19-15-17-12(9-23-15)8-14(20)18-13-7-10(2)5-6-11(13)3/h5-7,9H,4,8H2,1-3H3,(H,18,20)(H,17,19,21). The van der Waals surface area contributed by atoms with Crippen molar-refractivity contribution in [2.75, 3.05) is 17.2 Å². The molecule has 0 fully saturated rings. The van der Waals surface area contributed by atoms with E-state index in [9.17, 15) is 9.59 Å². The monoisotopic (exact) mass is 333 g/mol. The predicted octanol–water partition coefficient (Wildman–Crippen LogP) is 3.51. The average molecular weight is 333 g/mol. The van der Waals surface area contributed by atoms with Crippen molar-refractivity contribution in [1.29, 1.82) is 0 Å². The number of ether oxygens (including phenoxy) is 1. The number of anilines is 2. The van der Waals surface area contributed by atoms with Crippen molar-refractivity contribution in [2.24, 2.45) is 0 Å². The molecule has 2 amide bonds. The zero-order chi connectivity index (χ0) is 16.8. The minimum absolute atomic E-state index is 0.147. The molecule has 0 bridgehead atoms. The molecule has 0 saturated heterocycles. The van der Waals surface area contributed by atoms with Crippen molar-refractivity contribution >= 4 is 34.2 Å². The Labute approximate surface area is 138 Å². The SMILES string of the molecule is CCOC(=O)Nc1nc(CC(=O)Nc2cc(C)ccc2C)cs1. The fraction of sp³-hybridized carbons (Fsp3) is 0.312. The summed E-state index contributed by atoms with van der Waals surface area (Å²) in [7, 11) is 0. The normalized spacial score (nSPS) is 10.2. The number of nitrogens with zero attached hydrogens (tertiary/aromatic N) is 1. The zero-order valence-electron chi connectivity index (χ0n) is 13.3. The minimum Gasteiger partial charge on any atom is -0.450 e. The third-order valence-corrected chi connectivity index (χ3v) is 3.85. The molecule has 23 heavy (non-hydrogen) atoms. The number of rotatable bonds is 5. The number of thiazole rings is 1. The van der Waals surface area contributed by atoms with E-state index < -0.39 is 6.09 Å². The molecule has 1 aromatic heterocycles. The van der Waals surface area contributed by atoms with Crippen LogP contribution in [0.25, 0.3) is 0 Å². The van der Waals surface area contributed by atoms with Crippen LogP contribution in [0.5, 0.6) is 0 Å². The lowest BCUT2D eigenvalue weighted by Crippen LogP contribution is -2.16. The van der Waals surface area contributed by atoms with Gasteiger partial charge in [-0.15, -0.1) is 11.3 Å².